The highest BCUT2D eigenvalue weighted by molar-refractivity contribution is 7.99. The van der Waals surface area contributed by atoms with Crippen LogP contribution in [-0.4, -0.2) is 11.4 Å². The molecule has 0 aromatic heterocycles. The Morgan fingerprint density at radius 1 is 0.960 bits per heavy atom. The van der Waals surface area contributed by atoms with Crippen LogP contribution in [0.15, 0.2) is 48.5 Å². The Hall–Kier alpha value is -1.72. The second-order valence-corrected chi connectivity index (χ2v) is 8.01. The van der Waals surface area contributed by atoms with Crippen LogP contribution in [0.2, 0.25) is 0 Å². The molecule has 0 aliphatic rings. The highest BCUT2D eigenvalue weighted by Gasteiger charge is 2.12. The van der Waals surface area contributed by atoms with Crippen molar-refractivity contribution in [2.75, 3.05) is 11.0 Å². The van der Waals surface area contributed by atoms with Crippen LogP contribution in [-0.2, 0) is 18.5 Å². The molecule has 2 aromatic carbocycles. The third-order valence-electron chi connectivity index (χ3n) is 3.87. The van der Waals surface area contributed by atoms with Gasteiger partial charge in [-0.1, -0.05) is 69.1 Å². The number of thiocarbonyl (C=S) groups is 1. The molecule has 0 aliphatic heterocycles. The predicted octanol–water partition coefficient (Wildman–Crippen LogP) is 4.84. The summed E-state index contributed by atoms with van der Waals surface area (Å²) in [6.45, 7) is 8.11. The molecule has 0 spiro atoms. The summed E-state index contributed by atoms with van der Waals surface area (Å²) in [4.78, 5) is 0. The minimum absolute atomic E-state index is 0.183. The first-order valence-electron chi connectivity index (χ1n) is 8.37. The summed E-state index contributed by atoms with van der Waals surface area (Å²) in [5.41, 5.74) is 5.05. The molecule has 0 bridgehead atoms. The van der Waals surface area contributed by atoms with E-state index in [4.69, 9.17) is 12.2 Å². The van der Waals surface area contributed by atoms with E-state index in [1.165, 1.54) is 16.7 Å². The van der Waals surface area contributed by atoms with Crippen LogP contribution >= 0.6 is 24.2 Å². The van der Waals surface area contributed by atoms with E-state index in [0.717, 1.165) is 12.2 Å². The summed E-state index contributed by atoms with van der Waals surface area (Å²) in [6, 6.07) is 17.0. The van der Waals surface area contributed by atoms with Crippen molar-refractivity contribution in [2.45, 2.75) is 39.3 Å². The van der Waals surface area contributed by atoms with E-state index in [9.17, 15) is 0 Å². The van der Waals surface area contributed by atoms with Gasteiger partial charge in [0.05, 0.1) is 0 Å². The molecule has 2 aromatic rings. The molecule has 134 valence electrons. The minimum atomic E-state index is 0.183. The van der Waals surface area contributed by atoms with Crippen molar-refractivity contribution in [2.24, 2.45) is 0 Å². The third-order valence-corrected chi connectivity index (χ3v) is 4.60. The Labute approximate surface area is 161 Å². The van der Waals surface area contributed by atoms with Crippen molar-refractivity contribution >= 4 is 35.0 Å². The van der Waals surface area contributed by atoms with Crippen LogP contribution in [0, 0.1) is 0 Å². The lowest BCUT2D eigenvalue weighted by Crippen LogP contribution is -2.34. The summed E-state index contributed by atoms with van der Waals surface area (Å²) in [5, 5.41) is 7.20. The topological polar surface area (TPSA) is 36.1 Å². The van der Waals surface area contributed by atoms with E-state index in [-0.39, 0.29) is 5.41 Å². The van der Waals surface area contributed by atoms with Crippen molar-refractivity contribution in [1.82, 2.24) is 10.6 Å². The maximum Gasteiger partial charge on any atom is 0.166 e. The van der Waals surface area contributed by atoms with Gasteiger partial charge >= 0.3 is 0 Å². The van der Waals surface area contributed by atoms with Crippen molar-refractivity contribution in [3.8, 4) is 0 Å². The normalized spacial score (nSPS) is 11.0. The zero-order chi connectivity index (χ0) is 18.3. The van der Waals surface area contributed by atoms with Crippen LogP contribution in [0.5, 0.6) is 0 Å². The number of hydrogen-bond acceptors (Lipinski definition) is 3. The lowest BCUT2D eigenvalue weighted by molar-refractivity contribution is 0.590. The van der Waals surface area contributed by atoms with E-state index >= 15 is 0 Å². The monoisotopic (exact) mass is 373 g/mol. The average molecular weight is 374 g/mol. The van der Waals surface area contributed by atoms with Gasteiger partial charge in [-0.05, 0) is 46.5 Å². The van der Waals surface area contributed by atoms with Gasteiger partial charge in [0.25, 0.3) is 0 Å². The van der Waals surface area contributed by atoms with Gasteiger partial charge in [0, 0.05) is 25.0 Å². The first-order chi connectivity index (χ1) is 11.9. The summed E-state index contributed by atoms with van der Waals surface area (Å²) in [5.74, 6) is 0. The highest BCUT2D eigenvalue weighted by atomic mass is 32.2. The van der Waals surface area contributed by atoms with Gasteiger partial charge in [-0.3, -0.25) is 0 Å². The van der Waals surface area contributed by atoms with Crippen LogP contribution in [0.4, 0.5) is 5.69 Å². The molecule has 0 unspecified atom stereocenters. The van der Waals surface area contributed by atoms with Crippen LogP contribution in [0.25, 0.3) is 0 Å². The first-order valence-corrected chi connectivity index (χ1v) is 10.0. The third kappa shape index (κ3) is 6.59. The largest absolute Gasteiger partial charge is 0.359 e. The molecular formula is C20H27N3S2. The molecule has 3 nitrogen and oxygen atoms in total. The fraction of sp³-hybridized carbons (Fsp3) is 0.350. The van der Waals surface area contributed by atoms with Gasteiger partial charge in [-0.2, -0.15) is 0 Å². The van der Waals surface area contributed by atoms with Gasteiger partial charge in [-0.25, -0.2) is 0 Å². The molecule has 0 saturated heterocycles. The Morgan fingerprint density at radius 2 is 1.60 bits per heavy atom. The lowest BCUT2D eigenvalue weighted by Gasteiger charge is -2.19. The second-order valence-electron chi connectivity index (χ2n) is 6.99. The maximum atomic E-state index is 5.38. The fourth-order valence-corrected chi connectivity index (χ4v) is 2.92. The van der Waals surface area contributed by atoms with E-state index in [1.807, 2.05) is 12.3 Å². The average Bonchev–Trinajstić information content (AvgIpc) is 2.58. The molecule has 0 heterocycles. The SMILES string of the molecule is CSNc1cccc(CNC(=S)NCc2ccc(C(C)(C)C)cc2)c1. The Kier molecular flexibility index (Phi) is 7.14. The van der Waals surface area contributed by atoms with Gasteiger partial charge in [0.2, 0.25) is 0 Å². The van der Waals surface area contributed by atoms with Crippen molar-refractivity contribution in [1.29, 1.82) is 0 Å². The van der Waals surface area contributed by atoms with Crippen LogP contribution in [0.1, 0.15) is 37.5 Å². The minimum Gasteiger partial charge on any atom is -0.359 e. The first kappa shape index (κ1) is 19.6. The molecule has 0 radical (unpaired) electrons. The number of benzene rings is 2. The Balaban J connectivity index is 1.80. The molecule has 0 atom stereocenters. The quantitative estimate of drug-likeness (QED) is 0.499. The highest BCUT2D eigenvalue weighted by Crippen LogP contribution is 2.22. The molecule has 0 aliphatic carbocycles. The Morgan fingerprint density at radius 3 is 2.20 bits per heavy atom. The predicted molar refractivity (Wildman–Crippen MR) is 115 cm³/mol. The molecule has 3 N–H and O–H groups in total. The zero-order valence-electron chi connectivity index (χ0n) is 15.3. The maximum absolute atomic E-state index is 5.38. The smallest absolute Gasteiger partial charge is 0.166 e. The summed E-state index contributed by atoms with van der Waals surface area (Å²) in [7, 11) is 0. The van der Waals surface area contributed by atoms with E-state index < -0.39 is 0 Å². The molecule has 5 heteroatoms. The summed E-state index contributed by atoms with van der Waals surface area (Å²) >= 11 is 6.97. The lowest BCUT2D eigenvalue weighted by atomic mass is 9.87. The number of anilines is 1. The number of nitrogens with one attached hydrogen (secondary N) is 3. The zero-order valence-corrected chi connectivity index (χ0v) is 17.0. The number of hydrogen-bond donors (Lipinski definition) is 3. The standard InChI is InChI=1S/C20H27N3S2/c1-20(2,3)17-10-8-15(9-11-17)13-21-19(24)22-14-16-6-5-7-18(12-16)23-25-4/h5-12,23H,13-14H2,1-4H3,(H2,21,22,24). The molecular weight excluding hydrogens is 346 g/mol. The molecule has 25 heavy (non-hydrogen) atoms. The van der Waals surface area contributed by atoms with E-state index in [2.05, 4.69) is 78.6 Å². The number of rotatable bonds is 6. The van der Waals surface area contributed by atoms with Crippen molar-refractivity contribution < 1.29 is 0 Å². The molecule has 0 amide bonds. The van der Waals surface area contributed by atoms with Crippen LogP contribution in [0.3, 0.4) is 0 Å². The van der Waals surface area contributed by atoms with Gasteiger partial charge in [0.15, 0.2) is 5.11 Å². The van der Waals surface area contributed by atoms with E-state index in [0.29, 0.717) is 11.7 Å². The van der Waals surface area contributed by atoms with Gasteiger partial charge in [0.1, 0.15) is 0 Å². The van der Waals surface area contributed by atoms with Crippen molar-refractivity contribution in [3.05, 3.63) is 65.2 Å². The van der Waals surface area contributed by atoms with Gasteiger partial charge < -0.3 is 15.4 Å². The molecule has 0 saturated carbocycles. The molecule has 2 rings (SSSR count). The van der Waals surface area contributed by atoms with Crippen LogP contribution < -0.4 is 15.4 Å². The Bertz CT molecular complexity index is 691. The summed E-state index contributed by atoms with van der Waals surface area (Å²) in [6.07, 6.45) is 2.01. The van der Waals surface area contributed by atoms with E-state index in [1.54, 1.807) is 11.9 Å². The van der Waals surface area contributed by atoms with Crippen molar-refractivity contribution in [3.63, 3.8) is 0 Å². The summed E-state index contributed by atoms with van der Waals surface area (Å²) < 4.78 is 3.24. The fourth-order valence-electron chi connectivity index (χ4n) is 2.41. The molecule has 0 fully saturated rings. The second kappa shape index (κ2) is 9.11. The van der Waals surface area contributed by atoms with Gasteiger partial charge in [-0.15, -0.1) is 0 Å².